The fourth-order valence-corrected chi connectivity index (χ4v) is 3.08. The Hall–Kier alpha value is -3.10. The van der Waals surface area contributed by atoms with E-state index in [4.69, 9.17) is 0 Å². The summed E-state index contributed by atoms with van der Waals surface area (Å²) >= 11 is 1.42. The number of fused-ring (bicyclic) bond motifs is 1. The first-order valence-electron chi connectivity index (χ1n) is 7.41. The number of nitro groups is 1. The van der Waals surface area contributed by atoms with Crippen LogP contribution in [-0.2, 0) is 0 Å². The highest BCUT2D eigenvalue weighted by atomic mass is 35.5. The fourth-order valence-electron chi connectivity index (χ4n) is 2.34. The molecule has 130 valence electrons. The van der Waals surface area contributed by atoms with Gasteiger partial charge in [0.1, 0.15) is 5.01 Å². The number of aromatic nitrogens is 4. The molecule has 26 heavy (non-hydrogen) atoms. The maximum absolute atomic E-state index is 10.7. The first-order valence-corrected chi connectivity index (χ1v) is 8.22. The number of halogens is 1. The summed E-state index contributed by atoms with van der Waals surface area (Å²) in [5.41, 5.74) is 1.88. The Balaban J connectivity index is 0.00000196. The molecule has 0 atom stereocenters. The second kappa shape index (κ2) is 7.42. The maximum atomic E-state index is 10.7. The van der Waals surface area contributed by atoms with Gasteiger partial charge in [-0.15, -0.1) is 22.6 Å². The SMILES string of the molecule is Cl.O=[N+]([O-])c1ccc(C=Cc2nn3c(-c4ccccc4)nnc3s2)cc1. The molecule has 2 aromatic carbocycles. The fraction of sp³-hybridized carbons (Fsp3) is 0. The van der Waals surface area contributed by atoms with Gasteiger partial charge in [0, 0.05) is 17.7 Å². The molecule has 0 unspecified atom stereocenters. The summed E-state index contributed by atoms with van der Waals surface area (Å²) in [6.07, 6.45) is 3.72. The van der Waals surface area contributed by atoms with Gasteiger partial charge in [0.25, 0.3) is 5.69 Å². The summed E-state index contributed by atoms with van der Waals surface area (Å²) in [6, 6.07) is 16.1. The van der Waals surface area contributed by atoms with Crippen LogP contribution in [0.5, 0.6) is 0 Å². The molecule has 0 saturated carbocycles. The first kappa shape index (κ1) is 17.7. The van der Waals surface area contributed by atoms with Crippen LogP contribution in [0.15, 0.2) is 54.6 Å². The van der Waals surface area contributed by atoms with Crippen molar-refractivity contribution in [1.82, 2.24) is 19.8 Å². The Morgan fingerprint density at radius 3 is 2.42 bits per heavy atom. The normalized spacial score (nSPS) is 10.9. The van der Waals surface area contributed by atoms with Gasteiger partial charge in [-0.05, 0) is 23.8 Å². The van der Waals surface area contributed by atoms with E-state index in [-0.39, 0.29) is 18.1 Å². The predicted octanol–water partition coefficient (Wildman–Crippen LogP) is 4.35. The van der Waals surface area contributed by atoms with E-state index in [1.54, 1.807) is 16.6 Å². The molecule has 0 aliphatic heterocycles. The van der Waals surface area contributed by atoms with Gasteiger partial charge in [-0.3, -0.25) is 10.1 Å². The third kappa shape index (κ3) is 3.46. The van der Waals surface area contributed by atoms with Crippen LogP contribution in [0.25, 0.3) is 28.5 Å². The van der Waals surface area contributed by atoms with Gasteiger partial charge >= 0.3 is 0 Å². The van der Waals surface area contributed by atoms with Gasteiger partial charge in [-0.25, -0.2) is 0 Å². The zero-order valence-electron chi connectivity index (χ0n) is 13.2. The van der Waals surface area contributed by atoms with Gasteiger partial charge in [0.2, 0.25) is 4.96 Å². The summed E-state index contributed by atoms with van der Waals surface area (Å²) < 4.78 is 1.72. The highest BCUT2D eigenvalue weighted by molar-refractivity contribution is 7.17. The van der Waals surface area contributed by atoms with Gasteiger partial charge in [0.05, 0.1) is 4.92 Å². The summed E-state index contributed by atoms with van der Waals surface area (Å²) in [7, 11) is 0. The van der Waals surface area contributed by atoms with Crippen LogP contribution in [0, 0.1) is 10.1 Å². The molecule has 9 heteroatoms. The molecule has 2 heterocycles. The third-order valence-electron chi connectivity index (χ3n) is 3.56. The van der Waals surface area contributed by atoms with Crippen molar-refractivity contribution in [2.45, 2.75) is 0 Å². The summed E-state index contributed by atoms with van der Waals surface area (Å²) in [4.78, 5) is 11.0. The minimum atomic E-state index is -0.415. The van der Waals surface area contributed by atoms with Crippen molar-refractivity contribution >= 4 is 46.5 Å². The van der Waals surface area contributed by atoms with Crippen molar-refractivity contribution in [2.75, 3.05) is 0 Å². The van der Waals surface area contributed by atoms with E-state index in [1.807, 2.05) is 42.5 Å². The highest BCUT2D eigenvalue weighted by Gasteiger charge is 2.11. The number of hydrogen-bond acceptors (Lipinski definition) is 6. The molecule has 0 saturated heterocycles. The smallest absolute Gasteiger partial charge is 0.258 e. The Bertz CT molecular complexity index is 1070. The Labute approximate surface area is 158 Å². The molecule has 4 rings (SSSR count). The van der Waals surface area contributed by atoms with E-state index < -0.39 is 4.92 Å². The second-order valence-electron chi connectivity index (χ2n) is 5.21. The summed E-state index contributed by atoms with van der Waals surface area (Å²) in [6.45, 7) is 0. The van der Waals surface area contributed by atoms with Crippen LogP contribution in [0.3, 0.4) is 0 Å². The summed E-state index contributed by atoms with van der Waals surface area (Å²) in [5.74, 6) is 0.696. The highest BCUT2D eigenvalue weighted by Crippen LogP contribution is 2.22. The van der Waals surface area contributed by atoms with Gasteiger partial charge in [-0.2, -0.15) is 9.61 Å². The van der Waals surface area contributed by atoms with Crippen molar-refractivity contribution in [3.8, 4) is 11.4 Å². The molecule has 0 radical (unpaired) electrons. The monoisotopic (exact) mass is 385 g/mol. The third-order valence-corrected chi connectivity index (χ3v) is 4.42. The van der Waals surface area contributed by atoms with Crippen molar-refractivity contribution in [2.24, 2.45) is 0 Å². The molecule has 0 aliphatic carbocycles. The second-order valence-corrected chi connectivity index (χ2v) is 6.19. The van der Waals surface area contributed by atoms with E-state index in [1.165, 1.54) is 23.5 Å². The van der Waals surface area contributed by atoms with E-state index >= 15 is 0 Å². The molecule has 0 fully saturated rings. The number of benzene rings is 2. The van der Waals surface area contributed by atoms with Crippen molar-refractivity contribution in [3.05, 3.63) is 75.3 Å². The maximum Gasteiger partial charge on any atom is 0.269 e. The van der Waals surface area contributed by atoms with Gasteiger partial charge in [0.15, 0.2) is 5.82 Å². The molecule has 0 N–H and O–H groups in total. The van der Waals surface area contributed by atoms with Crippen molar-refractivity contribution in [1.29, 1.82) is 0 Å². The molecule has 4 aromatic rings. The van der Waals surface area contributed by atoms with E-state index in [0.29, 0.717) is 10.8 Å². The standard InChI is InChI=1S/C17H11N5O2S.ClH/c23-22(24)14-9-6-12(7-10-14)8-11-15-20-21-16(18-19-17(21)25-15)13-4-2-1-3-5-13;/h1-11H;1H. The molecular formula is C17H12ClN5O2S. The molecule has 0 bridgehead atoms. The molecule has 0 aliphatic rings. The van der Waals surface area contributed by atoms with Crippen LogP contribution in [-0.4, -0.2) is 24.7 Å². The number of nitrogens with zero attached hydrogens (tertiary/aromatic N) is 5. The minimum Gasteiger partial charge on any atom is -0.258 e. The van der Waals surface area contributed by atoms with Crippen LogP contribution in [0.1, 0.15) is 10.6 Å². The predicted molar refractivity (Wildman–Crippen MR) is 103 cm³/mol. The lowest BCUT2D eigenvalue weighted by Crippen LogP contribution is -1.90. The molecule has 0 spiro atoms. The average Bonchev–Trinajstić information content (AvgIpc) is 3.21. The lowest BCUT2D eigenvalue weighted by molar-refractivity contribution is -0.384. The summed E-state index contributed by atoms with van der Waals surface area (Å²) in [5, 5.41) is 24.3. The average molecular weight is 386 g/mol. The number of non-ortho nitro benzene ring substituents is 1. The Morgan fingerprint density at radius 2 is 1.73 bits per heavy atom. The molecule has 0 amide bonds. The molecule has 2 aromatic heterocycles. The van der Waals surface area contributed by atoms with Crippen molar-refractivity contribution < 1.29 is 4.92 Å². The Morgan fingerprint density at radius 1 is 1.00 bits per heavy atom. The molecule has 7 nitrogen and oxygen atoms in total. The number of hydrogen-bond donors (Lipinski definition) is 0. The number of nitro benzene ring substituents is 1. The van der Waals surface area contributed by atoms with Crippen LogP contribution in [0.4, 0.5) is 5.69 Å². The van der Waals surface area contributed by atoms with E-state index in [2.05, 4.69) is 15.3 Å². The lowest BCUT2D eigenvalue weighted by atomic mass is 10.2. The van der Waals surface area contributed by atoms with Crippen LogP contribution in [0.2, 0.25) is 0 Å². The van der Waals surface area contributed by atoms with Gasteiger partial charge < -0.3 is 0 Å². The van der Waals surface area contributed by atoms with Crippen LogP contribution >= 0.6 is 23.7 Å². The topological polar surface area (TPSA) is 86.2 Å². The van der Waals surface area contributed by atoms with Crippen LogP contribution < -0.4 is 0 Å². The minimum absolute atomic E-state index is 0. The largest absolute Gasteiger partial charge is 0.269 e. The lowest BCUT2D eigenvalue weighted by Gasteiger charge is -1.95. The van der Waals surface area contributed by atoms with E-state index in [0.717, 1.165) is 16.1 Å². The van der Waals surface area contributed by atoms with Crippen molar-refractivity contribution in [3.63, 3.8) is 0 Å². The first-order chi connectivity index (χ1) is 12.2. The zero-order chi connectivity index (χ0) is 17.2. The molecular weight excluding hydrogens is 374 g/mol. The van der Waals surface area contributed by atoms with Gasteiger partial charge in [-0.1, -0.05) is 47.7 Å². The zero-order valence-corrected chi connectivity index (χ0v) is 14.9. The van der Waals surface area contributed by atoms with E-state index in [9.17, 15) is 10.1 Å². The number of rotatable bonds is 4. The Kier molecular flexibility index (Phi) is 5.06. The quantitative estimate of drug-likeness (QED) is 0.385.